The molecule has 1 atom stereocenters. The molecule has 5 rings (SSSR count). The van der Waals surface area contributed by atoms with Crippen LogP contribution in [0.3, 0.4) is 0 Å². The van der Waals surface area contributed by atoms with Crippen LogP contribution in [-0.4, -0.2) is 32.3 Å². The van der Waals surface area contributed by atoms with Crippen LogP contribution in [0.1, 0.15) is 15.9 Å². The van der Waals surface area contributed by atoms with Gasteiger partial charge in [0.25, 0.3) is 0 Å². The summed E-state index contributed by atoms with van der Waals surface area (Å²) in [6.45, 7) is 0. The second kappa shape index (κ2) is 5.56. The average molecular weight is 378 g/mol. The van der Waals surface area contributed by atoms with Gasteiger partial charge in [-0.3, -0.25) is 4.79 Å². The van der Waals surface area contributed by atoms with E-state index in [0.717, 1.165) is 0 Å². The lowest BCUT2D eigenvalue weighted by atomic mass is 10.0. The smallest absolute Gasteiger partial charge is 0.207 e. The van der Waals surface area contributed by atoms with Crippen LogP contribution in [0.25, 0.3) is 21.9 Å². The molecule has 1 aromatic heterocycles. The molecule has 28 heavy (non-hydrogen) atoms. The highest BCUT2D eigenvalue weighted by Gasteiger charge is 2.35. The van der Waals surface area contributed by atoms with Gasteiger partial charge in [0.2, 0.25) is 5.78 Å². The molecule has 1 unspecified atom stereocenters. The predicted molar refractivity (Wildman–Crippen MR) is 99.3 cm³/mol. The van der Waals surface area contributed by atoms with E-state index in [0.29, 0.717) is 38.8 Å². The number of rotatable bonds is 2. The monoisotopic (exact) mass is 378 g/mol. The number of Topliss-reactive ketones (excluding diaryl/α,β-unsaturated/α-hetero) is 1. The third-order valence-corrected chi connectivity index (χ3v) is 4.96. The number of fused-ring (bicyclic) bond motifs is 5. The standard InChI is InChI=1S/C21H14O7/c22-12-3-1-9(5-13(12)23)6-18-20(26)10-2-4-16-19(21(10)28-18)11-7-14(24)15(25)8-17(11)27-16/h1-5,7-8,18,22-25H,6H2. The normalized spacial score (nSPS) is 15.9. The van der Waals surface area contributed by atoms with E-state index < -0.39 is 6.10 Å². The number of furan rings is 1. The zero-order valence-corrected chi connectivity index (χ0v) is 14.3. The molecule has 1 aliphatic heterocycles. The highest BCUT2D eigenvalue weighted by atomic mass is 16.5. The number of aromatic hydroxyl groups is 4. The summed E-state index contributed by atoms with van der Waals surface area (Å²) in [7, 11) is 0. The summed E-state index contributed by atoms with van der Waals surface area (Å²) in [4.78, 5) is 12.8. The summed E-state index contributed by atoms with van der Waals surface area (Å²) in [5.41, 5.74) is 1.87. The van der Waals surface area contributed by atoms with Crippen LogP contribution < -0.4 is 4.74 Å². The van der Waals surface area contributed by atoms with E-state index in [-0.39, 0.29) is 35.2 Å². The number of hydrogen-bond acceptors (Lipinski definition) is 7. The minimum absolute atomic E-state index is 0.207. The lowest BCUT2D eigenvalue weighted by molar-refractivity contribution is 0.0859. The molecule has 0 bridgehead atoms. The number of benzene rings is 3. The van der Waals surface area contributed by atoms with Gasteiger partial charge >= 0.3 is 0 Å². The van der Waals surface area contributed by atoms with Crippen molar-refractivity contribution >= 4 is 27.7 Å². The van der Waals surface area contributed by atoms with Crippen molar-refractivity contribution in [2.45, 2.75) is 12.5 Å². The molecule has 4 aromatic rings. The molecule has 4 N–H and O–H groups in total. The van der Waals surface area contributed by atoms with Crippen LogP contribution in [0.15, 0.2) is 46.9 Å². The highest BCUT2D eigenvalue weighted by molar-refractivity contribution is 6.16. The van der Waals surface area contributed by atoms with Crippen LogP contribution in [0.5, 0.6) is 28.7 Å². The molecule has 0 fully saturated rings. The first kappa shape index (κ1) is 16.3. The minimum atomic E-state index is -0.791. The maximum atomic E-state index is 12.8. The van der Waals surface area contributed by atoms with E-state index in [1.165, 1.54) is 24.3 Å². The second-order valence-corrected chi connectivity index (χ2v) is 6.75. The Morgan fingerprint density at radius 2 is 1.57 bits per heavy atom. The molecular formula is C21H14O7. The number of hydrogen-bond donors (Lipinski definition) is 4. The van der Waals surface area contributed by atoms with Crippen molar-refractivity contribution in [2.75, 3.05) is 0 Å². The van der Waals surface area contributed by atoms with Crippen molar-refractivity contribution in [2.24, 2.45) is 0 Å². The van der Waals surface area contributed by atoms with Gasteiger partial charge in [0.1, 0.15) is 16.9 Å². The lowest BCUT2D eigenvalue weighted by Gasteiger charge is -2.10. The van der Waals surface area contributed by atoms with Crippen LogP contribution in [0.2, 0.25) is 0 Å². The third-order valence-electron chi connectivity index (χ3n) is 4.96. The Hall–Kier alpha value is -3.87. The van der Waals surface area contributed by atoms with E-state index in [2.05, 4.69) is 0 Å². The highest BCUT2D eigenvalue weighted by Crippen LogP contribution is 2.44. The fourth-order valence-corrected chi connectivity index (χ4v) is 3.59. The van der Waals surface area contributed by atoms with Crippen molar-refractivity contribution in [1.29, 1.82) is 0 Å². The first-order chi connectivity index (χ1) is 13.4. The summed E-state index contributed by atoms with van der Waals surface area (Å²) in [6.07, 6.45) is -0.579. The summed E-state index contributed by atoms with van der Waals surface area (Å²) in [5, 5.41) is 39.7. The van der Waals surface area contributed by atoms with Crippen LogP contribution in [0, 0.1) is 0 Å². The molecule has 0 aliphatic carbocycles. The maximum Gasteiger partial charge on any atom is 0.207 e. The molecule has 0 amide bonds. The van der Waals surface area contributed by atoms with Crippen molar-refractivity contribution in [3.8, 4) is 28.7 Å². The Bertz CT molecular complexity index is 1290. The zero-order valence-electron chi connectivity index (χ0n) is 14.3. The van der Waals surface area contributed by atoms with Gasteiger partial charge in [-0.05, 0) is 35.9 Å². The SMILES string of the molecule is O=C1c2ccc3oc4cc(O)c(O)cc4c3c2OC1Cc1ccc(O)c(O)c1. The van der Waals surface area contributed by atoms with Gasteiger partial charge < -0.3 is 29.6 Å². The van der Waals surface area contributed by atoms with Gasteiger partial charge in [-0.2, -0.15) is 0 Å². The molecule has 3 aromatic carbocycles. The average Bonchev–Trinajstić information content (AvgIpc) is 3.16. The molecule has 0 saturated carbocycles. The number of ether oxygens (including phenoxy) is 1. The first-order valence-corrected chi connectivity index (χ1v) is 8.55. The fraction of sp³-hybridized carbons (Fsp3) is 0.0952. The Morgan fingerprint density at radius 3 is 2.36 bits per heavy atom. The van der Waals surface area contributed by atoms with Gasteiger partial charge in [-0.25, -0.2) is 0 Å². The minimum Gasteiger partial charge on any atom is -0.504 e. The lowest BCUT2D eigenvalue weighted by Crippen LogP contribution is -2.23. The number of phenols is 4. The van der Waals surface area contributed by atoms with Crippen molar-refractivity contribution in [3.63, 3.8) is 0 Å². The number of carbonyl (C=O) groups is 1. The molecule has 7 nitrogen and oxygen atoms in total. The summed E-state index contributed by atoms with van der Waals surface area (Å²) in [5.74, 6) is -0.945. The van der Waals surface area contributed by atoms with E-state index in [9.17, 15) is 25.2 Å². The van der Waals surface area contributed by atoms with Gasteiger partial charge in [0.15, 0.2) is 29.1 Å². The van der Waals surface area contributed by atoms with Crippen molar-refractivity contribution < 1.29 is 34.4 Å². The molecular weight excluding hydrogens is 364 g/mol. The summed E-state index contributed by atoms with van der Waals surface area (Å²) >= 11 is 0. The van der Waals surface area contributed by atoms with Crippen LogP contribution >= 0.6 is 0 Å². The molecule has 7 heteroatoms. The number of ketones is 1. The number of phenolic OH excluding ortho intramolecular Hbond substituents is 4. The largest absolute Gasteiger partial charge is 0.504 e. The summed E-state index contributed by atoms with van der Waals surface area (Å²) in [6, 6.07) is 10.3. The molecule has 0 spiro atoms. The first-order valence-electron chi connectivity index (χ1n) is 8.55. The molecule has 140 valence electrons. The maximum absolute atomic E-state index is 12.8. The van der Waals surface area contributed by atoms with E-state index in [1.807, 2.05) is 0 Å². The Balaban J connectivity index is 1.60. The van der Waals surface area contributed by atoms with Crippen molar-refractivity contribution in [1.82, 2.24) is 0 Å². The topological polar surface area (TPSA) is 120 Å². The second-order valence-electron chi connectivity index (χ2n) is 6.75. The van der Waals surface area contributed by atoms with Crippen LogP contribution in [-0.2, 0) is 6.42 Å². The van der Waals surface area contributed by atoms with Gasteiger partial charge in [-0.1, -0.05) is 6.07 Å². The summed E-state index contributed by atoms with van der Waals surface area (Å²) < 4.78 is 11.7. The predicted octanol–water partition coefficient (Wildman–Crippen LogP) is 3.59. The molecule has 0 radical (unpaired) electrons. The van der Waals surface area contributed by atoms with Gasteiger partial charge in [0.05, 0.1) is 10.9 Å². The van der Waals surface area contributed by atoms with Gasteiger partial charge in [-0.15, -0.1) is 0 Å². The molecule has 1 aliphatic rings. The third kappa shape index (κ3) is 2.26. The van der Waals surface area contributed by atoms with Gasteiger partial charge in [0, 0.05) is 17.9 Å². The van der Waals surface area contributed by atoms with E-state index in [1.54, 1.807) is 18.2 Å². The van der Waals surface area contributed by atoms with E-state index in [4.69, 9.17) is 9.15 Å². The number of carbonyl (C=O) groups excluding carboxylic acids is 1. The molecule has 2 heterocycles. The quantitative estimate of drug-likeness (QED) is 0.393. The molecule has 0 saturated heterocycles. The fourth-order valence-electron chi connectivity index (χ4n) is 3.59. The Labute approximate surface area is 157 Å². The Kier molecular flexibility index (Phi) is 3.24. The van der Waals surface area contributed by atoms with Crippen LogP contribution in [0.4, 0.5) is 0 Å². The zero-order chi connectivity index (χ0) is 19.6. The van der Waals surface area contributed by atoms with E-state index >= 15 is 0 Å². The Morgan fingerprint density at radius 1 is 0.821 bits per heavy atom. The van der Waals surface area contributed by atoms with Crippen molar-refractivity contribution in [3.05, 3.63) is 53.6 Å².